The maximum Gasteiger partial charge on any atom is 0.295 e. The van der Waals surface area contributed by atoms with Crippen LogP contribution in [0.15, 0.2) is 60.2 Å². The maximum atomic E-state index is 13.2. The lowest BCUT2D eigenvalue weighted by Crippen LogP contribution is -2.33. The van der Waals surface area contributed by atoms with E-state index in [1.54, 1.807) is 29.2 Å². The molecule has 1 aliphatic heterocycles. The summed E-state index contributed by atoms with van der Waals surface area (Å²) in [6.45, 7) is 10.1. The number of nitrogens with zero attached hydrogens (tertiary/aromatic N) is 2. The van der Waals surface area contributed by atoms with Crippen molar-refractivity contribution in [2.45, 2.75) is 52.5 Å². The van der Waals surface area contributed by atoms with Crippen LogP contribution < -0.4 is 4.74 Å². The SMILES string of the molecule is CCCCCOc1cccc(C2/C(=C(/O)c3ccccc3)C(=O)C(=O)N2CCCN(CC)CC)c1. The largest absolute Gasteiger partial charge is 0.507 e. The number of ether oxygens (including phenoxy) is 1. The van der Waals surface area contributed by atoms with Crippen molar-refractivity contribution in [1.29, 1.82) is 0 Å². The molecular weight excluding hydrogens is 440 g/mol. The monoisotopic (exact) mass is 478 g/mol. The lowest BCUT2D eigenvalue weighted by atomic mass is 9.95. The van der Waals surface area contributed by atoms with E-state index in [-0.39, 0.29) is 11.3 Å². The lowest BCUT2D eigenvalue weighted by Gasteiger charge is -2.27. The van der Waals surface area contributed by atoms with Gasteiger partial charge in [-0.1, -0.05) is 76.1 Å². The molecule has 188 valence electrons. The number of rotatable bonds is 13. The van der Waals surface area contributed by atoms with Crippen molar-refractivity contribution in [3.63, 3.8) is 0 Å². The Morgan fingerprint density at radius 3 is 2.40 bits per heavy atom. The van der Waals surface area contributed by atoms with Crippen molar-refractivity contribution in [2.75, 3.05) is 32.8 Å². The summed E-state index contributed by atoms with van der Waals surface area (Å²) in [5.74, 6) is -0.656. The van der Waals surface area contributed by atoms with Crippen molar-refractivity contribution in [3.8, 4) is 5.75 Å². The van der Waals surface area contributed by atoms with Gasteiger partial charge in [-0.05, 0) is 50.2 Å². The van der Waals surface area contributed by atoms with Crippen LogP contribution in [0.2, 0.25) is 0 Å². The second-order valence-electron chi connectivity index (χ2n) is 8.87. The molecular formula is C29H38N2O4. The van der Waals surface area contributed by atoms with Gasteiger partial charge in [0.1, 0.15) is 11.5 Å². The van der Waals surface area contributed by atoms with Crippen LogP contribution in [-0.2, 0) is 9.59 Å². The molecule has 1 atom stereocenters. The van der Waals surface area contributed by atoms with E-state index in [2.05, 4.69) is 25.7 Å². The van der Waals surface area contributed by atoms with Crippen LogP contribution in [0.5, 0.6) is 5.75 Å². The number of Topliss-reactive ketones (excluding diaryl/α,β-unsaturated/α-hetero) is 1. The first kappa shape index (κ1) is 26.5. The predicted octanol–water partition coefficient (Wildman–Crippen LogP) is 5.41. The first-order valence-corrected chi connectivity index (χ1v) is 12.8. The van der Waals surface area contributed by atoms with Gasteiger partial charge in [0.15, 0.2) is 0 Å². The van der Waals surface area contributed by atoms with Gasteiger partial charge in [-0.25, -0.2) is 0 Å². The highest BCUT2D eigenvalue weighted by Crippen LogP contribution is 2.40. The molecule has 6 heteroatoms. The maximum absolute atomic E-state index is 13.2. The fourth-order valence-electron chi connectivity index (χ4n) is 4.53. The van der Waals surface area contributed by atoms with Crippen molar-refractivity contribution in [2.24, 2.45) is 0 Å². The molecule has 2 aromatic rings. The van der Waals surface area contributed by atoms with Gasteiger partial charge in [0.05, 0.1) is 18.2 Å². The second-order valence-corrected chi connectivity index (χ2v) is 8.87. The zero-order valence-electron chi connectivity index (χ0n) is 21.2. The van der Waals surface area contributed by atoms with Crippen LogP contribution in [0, 0.1) is 0 Å². The third-order valence-corrected chi connectivity index (χ3v) is 6.55. The molecule has 1 N–H and O–H groups in total. The Hall–Kier alpha value is -3.12. The van der Waals surface area contributed by atoms with E-state index in [0.29, 0.717) is 24.5 Å². The summed E-state index contributed by atoms with van der Waals surface area (Å²) in [5.41, 5.74) is 1.41. The van der Waals surface area contributed by atoms with Crippen LogP contribution in [0.1, 0.15) is 63.6 Å². The number of likely N-dealkylation sites (tertiary alicyclic amines) is 1. The van der Waals surface area contributed by atoms with Gasteiger partial charge < -0.3 is 19.6 Å². The van der Waals surface area contributed by atoms with Gasteiger partial charge >= 0.3 is 0 Å². The van der Waals surface area contributed by atoms with E-state index in [1.807, 2.05) is 30.3 Å². The zero-order chi connectivity index (χ0) is 25.2. The Balaban J connectivity index is 1.96. The molecule has 1 heterocycles. The van der Waals surface area contributed by atoms with Crippen molar-refractivity contribution >= 4 is 17.4 Å². The predicted molar refractivity (Wildman–Crippen MR) is 139 cm³/mol. The number of benzene rings is 2. The van der Waals surface area contributed by atoms with Crippen molar-refractivity contribution in [1.82, 2.24) is 9.80 Å². The molecule has 1 fully saturated rings. The van der Waals surface area contributed by atoms with E-state index in [4.69, 9.17) is 4.74 Å². The van der Waals surface area contributed by atoms with E-state index < -0.39 is 17.7 Å². The third kappa shape index (κ3) is 6.51. The third-order valence-electron chi connectivity index (χ3n) is 6.55. The summed E-state index contributed by atoms with van der Waals surface area (Å²) < 4.78 is 5.95. The highest BCUT2D eigenvalue weighted by Gasteiger charge is 2.45. The van der Waals surface area contributed by atoms with E-state index in [1.165, 1.54) is 0 Å². The summed E-state index contributed by atoms with van der Waals surface area (Å²) >= 11 is 0. The molecule has 6 nitrogen and oxygen atoms in total. The first-order valence-electron chi connectivity index (χ1n) is 12.8. The minimum atomic E-state index is -0.661. The summed E-state index contributed by atoms with van der Waals surface area (Å²) in [6.07, 6.45) is 3.93. The molecule has 1 unspecified atom stereocenters. The number of carbonyl (C=O) groups excluding carboxylic acids is 2. The number of hydrogen-bond acceptors (Lipinski definition) is 5. The van der Waals surface area contributed by atoms with Gasteiger partial charge in [-0.15, -0.1) is 0 Å². The van der Waals surface area contributed by atoms with Crippen LogP contribution in [-0.4, -0.2) is 59.4 Å². The van der Waals surface area contributed by atoms with Crippen LogP contribution in [0.3, 0.4) is 0 Å². The molecule has 35 heavy (non-hydrogen) atoms. The molecule has 3 rings (SSSR count). The standard InChI is InChI=1S/C29H38N2O4/c1-4-7-11-20-35-24-17-12-16-23(21-24)26-25(27(32)22-14-9-8-10-15-22)28(33)29(34)31(26)19-13-18-30(5-2)6-3/h8-10,12,14-17,21,26,32H,4-7,11,13,18-20H2,1-3H3/b27-25-. The van der Waals surface area contributed by atoms with Crippen LogP contribution in [0.4, 0.5) is 0 Å². The Morgan fingerprint density at radius 1 is 0.971 bits per heavy atom. The Labute approximate surface area is 209 Å². The number of carbonyl (C=O) groups is 2. The summed E-state index contributed by atoms with van der Waals surface area (Å²) in [6, 6.07) is 15.8. The van der Waals surface area contributed by atoms with Crippen LogP contribution in [0.25, 0.3) is 5.76 Å². The number of amides is 1. The molecule has 0 aliphatic carbocycles. The topological polar surface area (TPSA) is 70.1 Å². The first-order chi connectivity index (χ1) is 17.0. The average molecular weight is 479 g/mol. The summed E-state index contributed by atoms with van der Waals surface area (Å²) in [4.78, 5) is 30.3. The van der Waals surface area contributed by atoms with Crippen LogP contribution >= 0.6 is 0 Å². The number of aliphatic hydroxyl groups is 1. The molecule has 0 radical (unpaired) electrons. The lowest BCUT2D eigenvalue weighted by molar-refractivity contribution is -0.140. The van der Waals surface area contributed by atoms with Gasteiger partial charge in [-0.2, -0.15) is 0 Å². The highest BCUT2D eigenvalue weighted by molar-refractivity contribution is 6.46. The molecule has 1 amide bonds. The minimum absolute atomic E-state index is 0.132. The number of hydrogen-bond donors (Lipinski definition) is 1. The number of aliphatic hydroxyl groups excluding tert-OH is 1. The summed E-state index contributed by atoms with van der Waals surface area (Å²) in [7, 11) is 0. The number of unbranched alkanes of at least 4 members (excludes halogenated alkanes) is 2. The Bertz CT molecular complexity index is 1010. The van der Waals surface area contributed by atoms with Gasteiger partial charge in [0.25, 0.3) is 11.7 Å². The smallest absolute Gasteiger partial charge is 0.295 e. The number of ketones is 1. The average Bonchev–Trinajstić information content (AvgIpc) is 3.14. The quantitative estimate of drug-likeness (QED) is 0.180. The van der Waals surface area contributed by atoms with Crippen molar-refractivity contribution in [3.05, 3.63) is 71.3 Å². The summed E-state index contributed by atoms with van der Waals surface area (Å²) in [5, 5.41) is 11.2. The van der Waals surface area contributed by atoms with Gasteiger partial charge in [0, 0.05) is 12.1 Å². The van der Waals surface area contributed by atoms with E-state index >= 15 is 0 Å². The fraction of sp³-hybridized carbons (Fsp3) is 0.448. The molecule has 0 aromatic heterocycles. The fourth-order valence-corrected chi connectivity index (χ4v) is 4.53. The molecule has 1 saturated heterocycles. The van der Waals surface area contributed by atoms with Gasteiger partial charge in [0.2, 0.25) is 0 Å². The Morgan fingerprint density at radius 2 is 1.71 bits per heavy atom. The van der Waals surface area contributed by atoms with Crippen molar-refractivity contribution < 1.29 is 19.4 Å². The van der Waals surface area contributed by atoms with E-state index in [0.717, 1.165) is 50.9 Å². The Kier molecular flexibility index (Phi) is 9.91. The molecule has 0 spiro atoms. The van der Waals surface area contributed by atoms with E-state index in [9.17, 15) is 14.7 Å². The molecule has 0 bridgehead atoms. The second kappa shape index (κ2) is 13.1. The minimum Gasteiger partial charge on any atom is -0.507 e. The molecule has 1 aliphatic rings. The zero-order valence-corrected chi connectivity index (χ0v) is 21.2. The highest BCUT2D eigenvalue weighted by atomic mass is 16.5. The normalized spacial score (nSPS) is 17.4. The molecule has 2 aromatic carbocycles. The van der Waals surface area contributed by atoms with Gasteiger partial charge in [-0.3, -0.25) is 9.59 Å². The molecule has 0 saturated carbocycles.